The van der Waals surface area contributed by atoms with Gasteiger partial charge >= 0.3 is 0 Å². The number of halogens is 1. The van der Waals surface area contributed by atoms with Crippen molar-refractivity contribution in [1.29, 1.82) is 0 Å². The molecule has 0 atom stereocenters. The second-order valence-electron chi connectivity index (χ2n) is 7.27. The van der Waals surface area contributed by atoms with Crippen LogP contribution in [-0.2, 0) is 14.8 Å². The average molecular weight is 437 g/mol. The van der Waals surface area contributed by atoms with Crippen LogP contribution in [0, 0.1) is 13.8 Å². The highest BCUT2D eigenvalue weighted by Gasteiger charge is 2.26. The zero-order chi connectivity index (χ0) is 21.0. The summed E-state index contributed by atoms with van der Waals surface area (Å²) in [7, 11) is -3.57. The number of nitrogens with zero attached hydrogens (tertiary/aromatic N) is 1. The van der Waals surface area contributed by atoms with Gasteiger partial charge in [-0.05, 0) is 68.1 Å². The molecule has 2 aromatic carbocycles. The van der Waals surface area contributed by atoms with Crippen LogP contribution in [0.3, 0.4) is 0 Å². The molecule has 1 N–H and O–H groups in total. The summed E-state index contributed by atoms with van der Waals surface area (Å²) in [4.78, 5) is 12.3. The van der Waals surface area contributed by atoms with Crippen molar-refractivity contribution in [2.75, 3.05) is 25.0 Å². The number of nitrogens with one attached hydrogen (secondary N) is 1. The Morgan fingerprint density at radius 3 is 2.34 bits per heavy atom. The van der Waals surface area contributed by atoms with E-state index in [4.69, 9.17) is 16.3 Å². The average Bonchev–Trinajstić information content (AvgIpc) is 2.67. The number of piperidine rings is 1. The van der Waals surface area contributed by atoms with Crippen molar-refractivity contribution >= 4 is 33.2 Å². The van der Waals surface area contributed by atoms with Gasteiger partial charge in [0.2, 0.25) is 10.0 Å². The molecule has 156 valence electrons. The molecule has 1 amide bonds. The Bertz CT molecular complexity index is 981. The van der Waals surface area contributed by atoms with Crippen LogP contribution in [0.5, 0.6) is 5.75 Å². The minimum Gasteiger partial charge on any atom is -0.482 e. The van der Waals surface area contributed by atoms with E-state index in [2.05, 4.69) is 5.32 Å². The van der Waals surface area contributed by atoms with Crippen LogP contribution in [0.25, 0.3) is 0 Å². The largest absolute Gasteiger partial charge is 0.482 e. The lowest BCUT2D eigenvalue weighted by atomic mass is 10.1. The minimum absolute atomic E-state index is 0.136. The Balaban J connectivity index is 1.64. The second kappa shape index (κ2) is 9.15. The number of carbonyl (C=O) groups is 1. The molecule has 3 rings (SSSR count). The van der Waals surface area contributed by atoms with Gasteiger partial charge < -0.3 is 10.1 Å². The molecular weight excluding hydrogens is 412 g/mol. The number of ether oxygens (including phenoxy) is 1. The number of rotatable bonds is 6. The van der Waals surface area contributed by atoms with Gasteiger partial charge in [0.1, 0.15) is 5.75 Å². The van der Waals surface area contributed by atoms with Gasteiger partial charge in [-0.15, -0.1) is 0 Å². The van der Waals surface area contributed by atoms with Crippen molar-refractivity contribution in [1.82, 2.24) is 4.31 Å². The van der Waals surface area contributed by atoms with E-state index in [0.717, 1.165) is 30.4 Å². The molecule has 1 saturated heterocycles. The van der Waals surface area contributed by atoms with Crippen LogP contribution < -0.4 is 10.1 Å². The first-order valence-corrected chi connectivity index (χ1v) is 11.4. The lowest BCUT2D eigenvalue weighted by Gasteiger charge is -2.26. The highest BCUT2D eigenvalue weighted by atomic mass is 35.5. The number of hydrogen-bond acceptors (Lipinski definition) is 4. The van der Waals surface area contributed by atoms with E-state index in [-0.39, 0.29) is 28.2 Å². The molecule has 29 heavy (non-hydrogen) atoms. The SMILES string of the molecule is Cc1cc(C)cc(NC(=O)COc2ccc(S(=O)(=O)N3CCCCC3)cc2Cl)c1. The van der Waals surface area contributed by atoms with Crippen molar-refractivity contribution in [3.63, 3.8) is 0 Å². The normalized spacial score (nSPS) is 15.1. The molecule has 0 bridgehead atoms. The van der Waals surface area contributed by atoms with Gasteiger partial charge in [-0.1, -0.05) is 24.1 Å². The molecule has 0 radical (unpaired) electrons. The smallest absolute Gasteiger partial charge is 0.262 e. The van der Waals surface area contributed by atoms with E-state index < -0.39 is 10.0 Å². The number of carbonyl (C=O) groups excluding carboxylic acids is 1. The third kappa shape index (κ3) is 5.50. The van der Waals surface area contributed by atoms with Crippen LogP contribution in [0.2, 0.25) is 5.02 Å². The van der Waals surface area contributed by atoms with Crippen LogP contribution in [0.15, 0.2) is 41.3 Å². The maximum atomic E-state index is 12.7. The highest BCUT2D eigenvalue weighted by molar-refractivity contribution is 7.89. The lowest BCUT2D eigenvalue weighted by Crippen LogP contribution is -2.35. The summed E-state index contributed by atoms with van der Waals surface area (Å²) in [5.74, 6) is -0.0593. The molecule has 0 aromatic heterocycles. The molecule has 0 unspecified atom stereocenters. The van der Waals surface area contributed by atoms with Crippen LogP contribution in [0.1, 0.15) is 30.4 Å². The third-order valence-corrected chi connectivity index (χ3v) is 6.91. The molecule has 0 aliphatic carbocycles. The Labute approximate surface area is 176 Å². The monoisotopic (exact) mass is 436 g/mol. The Hall–Kier alpha value is -2.09. The molecule has 0 spiro atoms. The summed E-state index contributed by atoms with van der Waals surface area (Å²) in [5, 5.41) is 2.94. The topological polar surface area (TPSA) is 75.7 Å². The zero-order valence-electron chi connectivity index (χ0n) is 16.6. The van der Waals surface area contributed by atoms with E-state index in [9.17, 15) is 13.2 Å². The molecular formula is C21H25ClN2O4S. The number of benzene rings is 2. The van der Waals surface area contributed by atoms with Gasteiger partial charge in [0, 0.05) is 18.8 Å². The predicted molar refractivity (Wildman–Crippen MR) is 114 cm³/mol. The van der Waals surface area contributed by atoms with E-state index >= 15 is 0 Å². The van der Waals surface area contributed by atoms with E-state index in [0.29, 0.717) is 18.8 Å². The first kappa shape index (κ1) is 21.6. The maximum absolute atomic E-state index is 12.7. The third-order valence-electron chi connectivity index (χ3n) is 4.72. The molecule has 6 nitrogen and oxygen atoms in total. The second-order valence-corrected chi connectivity index (χ2v) is 9.62. The summed E-state index contributed by atoms with van der Waals surface area (Å²) in [6.07, 6.45) is 2.78. The number of hydrogen-bond donors (Lipinski definition) is 1. The van der Waals surface area contributed by atoms with Crippen molar-refractivity contribution in [2.24, 2.45) is 0 Å². The van der Waals surface area contributed by atoms with Crippen molar-refractivity contribution in [2.45, 2.75) is 38.0 Å². The van der Waals surface area contributed by atoms with Crippen molar-refractivity contribution in [3.05, 3.63) is 52.5 Å². The molecule has 0 saturated carbocycles. The predicted octanol–water partition coefficient (Wildman–Crippen LogP) is 4.15. The first-order valence-electron chi connectivity index (χ1n) is 9.56. The number of amides is 1. The number of anilines is 1. The summed E-state index contributed by atoms with van der Waals surface area (Å²) in [6, 6.07) is 10.1. The quantitative estimate of drug-likeness (QED) is 0.738. The highest BCUT2D eigenvalue weighted by Crippen LogP contribution is 2.29. The van der Waals surface area contributed by atoms with E-state index in [1.807, 2.05) is 32.0 Å². The van der Waals surface area contributed by atoms with Crippen molar-refractivity contribution < 1.29 is 17.9 Å². The summed E-state index contributed by atoms with van der Waals surface area (Å²) in [5.41, 5.74) is 2.80. The van der Waals surface area contributed by atoms with Gasteiger partial charge in [-0.25, -0.2) is 8.42 Å². The fourth-order valence-electron chi connectivity index (χ4n) is 3.40. The van der Waals surface area contributed by atoms with Gasteiger partial charge in [-0.2, -0.15) is 4.31 Å². The molecule has 1 heterocycles. The Morgan fingerprint density at radius 2 is 1.72 bits per heavy atom. The van der Waals surface area contributed by atoms with Crippen LogP contribution in [0.4, 0.5) is 5.69 Å². The van der Waals surface area contributed by atoms with Crippen molar-refractivity contribution in [3.8, 4) is 5.75 Å². The fourth-order valence-corrected chi connectivity index (χ4v) is 5.24. The number of aryl methyl sites for hydroxylation is 2. The molecule has 8 heteroatoms. The molecule has 1 aliphatic rings. The van der Waals surface area contributed by atoms with E-state index in [1.54, 1.807) is 0 Å². The molecule has 1 fully saturated rings. The summed E-state index contributed by atoms with van der Waals surface area (Å²) >= 11 is 6.22. The van der Waals surface area contributed by atoms with Gasteiger partial charge in [-0.3, -0.25) is 4.79 Å². The zero-order valence-corrected chi connectivity index (χ0v) is 18.1. The first-order chi connectivity index (χ1) is 13.8. The minimum atomic E-state index is -3.57. The summed E-state index contributed by atoms with van der Waals surface area (Å²) < 4.78 is 32.5. The fraction of sp³-hybridized carbons (Fsp3) is 0.381. The summed E-state index contributed by atoms with van der Waals surface area (Å²) in [6.45, 7) is 4.73. The van der Waals surface area contributed by atoms with Crippen LogP contribution >= 0.6 is 11.6 Å². The maximum Gasteiger partial charge on any atom is 0.262 e. The number of sulfonamides is 1. The Kier molecular flexibility index (Phi) is 6.82. The molecule has 2 aromatic rings. The van der Waals surface area contributed by atoms with Crippen LogP contribution in [-0.4, -0.2) is 38.3 Å². The van der Waals surface area contributed by atoms with E-state index in [1.165, 1.54) is 22.5 Å². The van der Waals surface area contributed by atoms with Gasteiger partial charge in [0.25, 0.3) is 5.91 Å². The molecule has 1 aliphatic heterocycles. The standard InChI is InChI=1S/C21H25ClN2O4S/c1-15-10-16(2)12-17(11-15)23-21(25)14-28-20-7-6-18(13-19(20)22)29(26,27)24-8-4-3-5-9-24/h6-7,10-13H,3-5,8-9,14H2,1-2H3,(H,23,25). The lowest BCUT2D eigenvalue weighted by molar-refractivity contribution is -0.118. The van der Waals surface area contributed by atoms with Gasteiger partial charge in [0.05, 0.1) is 9.92 Å². The Morgan fingerprint density at radius 1 is 1.07 bits per heavy atom. The van der Waals surface area contributed by atoms with Gasteiger partial charge in [0.15, 0.2) is 6.61 Å².